The molecule has 0 aromatic heterocycles. The van der Waals surface area contributed by atoms with E-state index in [0.29, 0.717) is 38.7 Å². The molecule has 33 heavy (non-hydrogen) atoms. The van der Waals surface area contributed by atoms with Gasteiger partial charge in [0.2, 0.25) is 0 Å². The SMILES string of the molecule is COc1cc(C=NNC(=O)C(=O)Nc2cc(Cl)cc(Cl)c2)ccc1OCc1ccc(Cl)cc1. The summed E-state index contributed by atoms with van der Waals surface area (Å²) in [5, 5.41) is 7.49. The number of carbonyl (C=O) groups excluding carboxylic acids is 2. The molecule has 0 unspecified atom stereocenters. The topological polar surface area (TPSA) is 89.0 Å². The third-order valence-electron chi connectivity index (χ3n) is 4.20. The third kappa shape index (κ3) is 7.39. The van der Waals surface area contributed by atoms with Crippen molar-refractivity contribution in [3.8, 4) is 11.5 Å². The van der Waals surface area contributed by atoms with Crippen LogP contribution in [-0.4, -0.2) is 25.1 Å². The predicted molar refractivity (Wildman–Crippen MR) is 130 cm³/mol. The molecule has 2 N–H and O–H groups in total. The van der Waals surface area contributed by atoms with Crippen molar-refractivity contribution in [1.29, 1.82) is 0 Å². The largest absolute Gasteiger partial charge is 0.493 e. The molecule has 3 rings (SSSR count). The number of carbonyl (C=O) groups is 2. The summed E-state index contributed by atoms with van der Waals surface area (Å²) in [4.78, 5) is 24.0. The van der Waals surface area contributed by atoms with E-state index in [1.54, 1.807) is 30.3 Å². The number of hydrogen-bond acceptors (Lipinski definition) is 5. The van der Waals surface area contributed by atoms with Gasteiger partial charge in [0, 0.05) is 20.8 Å². The molecule has 0 aliphatic heterocycles. The summed E-state index contributed by atoms with van der Waals surface area (Å²) in [6.07, 6.45) is 1.37. The maximum Gasteiger partial charge on any atom is 0.329 e. The molecular formula is C23H18Cl3N3O4. The second kappa shape index (κ2) is 11.6. The zero-order chi connectivity index (χ0) is 23.8. The van der Waals surface area contributed by atoms with E-state index in [9.17, 15) is 9.59 Å². The van der Waals surface area contributed by atoms with Gasteiger partial charge in [-0.3, -0.25) is 9.59 Å². The van der Waals surface area contributed by atoms with Crippen LogP contribution in [0.4, 0.5) is 5.69 Å². The van der Waals surface area contributed by atoms with Crippen LogP contribution in [0.25, 0.3) is 0 Å². The van der Waals surface area contributed by atoms with Crippen molar-refractivity contribution in [2.75, 3.05) is 12.4 Å². The molecular weight excluding hydrogens is 489 g/mol. The average molecular weight is 507 g/mol. The molecule has 0 saturated heterocycles. The number of halogens is 3. The normalized spacial score (nSPS) is 10.7. The van der Waals surface area contributed by atoms with Crippen LogP contribution in [0, 0.1) is 0 Å². The van der Waals surface area contributed by atoms with Crippen LogP contribution in [0.1, 0.15) is 11.1 Å². The molecule has 7 nitrogen and oxygen atoms in total. The van der Waals surface area contributed by atoms with Gasteiger partial charge in [-0.25, -0.2) is 5.43 Å². The fourth-order valence-corrected chi connectivity index (χ4v) is 3.31. The number of rotatable bonds is 7. The quantitative estimate of drug-likeness (QED) is 0.258. The van der Waals surface area contributed by atoms with Crippen LogP contribution >= 0.6 is 34.8 Å². The van der Waals surface area contributed by atoms with Crippen LogP contribution in [0.2, 0.25) is 15.1 Å². The van der Waals surface area contributed by atoms with E-state index in [1.165, 1.54) is 31.5 Å². The molecule has 170 valence electrons. The van der Waals surface area contributed by atoms with Gasteiger partial charge in [0.05, 0.1) is 13.3 Å². The number of nitrogens with zero attached hydrogens (tertiary/aromatic N) is 1. The summed E-state index contributed by atoms with van der Waals surface area (Å²) in [7, 11) is 1.51. The zero-order valence-corrected chi connectivity index (χ0v) is 19.5. The first-order valence-corrected chi connectivity index (χ1v) is 10.6. The maximum absolute atomic E-state index is 12.0. The Hall–Kier alpha value is -3.26. The first-order valence-electron chi connectivity index (χ1n) is 9.50. The molecule has 2 amide bonds. The lowest BCUT2D eigenvalue weighted by molar-refractivity contribution is -0.136. The van der Waals surface area contributed by atoms with Gasteiger partial charge in [0.15, 0.2) is 11.5 Å². The number of anilines is 1. The molecule has 0 atom stereocenters. The highest BCUT2D eigenvalue weighted by Crippen LogP contribution is 2.28. The second-order valence-corrected chi connectivity index (χ2v) is 7.95. The Labute approximate surface area is 205 Å². The average Bonchev–Trinajstić information content (AvgIpc) is 2.78. The second-order valence-electron chi connectivity index (χ2n) is 6.64. The monoisotopic (exact) mass is 505 g/mol. The van der Waals surface area contributed by atoms with Crippen molar-refractivity contribution in [3.05, 3.63) is 86.9 Å². The van der Waals surface area contributed by atoms with Gasteiger partial charge in [-0.1, -0.05) is 46.9 Å². The number of hydrazone groups is 1. The number of hydrogen-bond donors (Lipinski definition) is 2. The van der Waals surface area contributed by atoms with Crippen LogP contribution in [0.15, 0.2) is 65.8 Å². The Balaban J connectivity index is 1.57. The van der Waals surface area contributed by atoms with Gasteiger partial charge in [-0.15, -0.1) is 0 Å². The van der Waals surface area contributed by atoms with Crippen molar-refractivity contribution >= 4 is 58.5 Å². The lowest BCUT2D eigenvalue weighted by atomic mass is 10.2. The molecule has 0 spiro atoms. The first-order chi connectivity index (χ1) is 15.8. The summed E-state index contributed by atoms with van der Waals surface area (Å²) in [6.45, 7) is 0.337. The Morgan fingerprint density at radius 3 is 2.24 bits per heavy atom. The fourth-order valence-electron chi connectivity index (χ4n) is 2.66. The lowest BCUT2D eigenvalue weighted by Crippen LogP contribution is -2.32. The minimum absolute atomic E-state index is 0.288. The molecule has 3 aromatic rings. The summed E-state index contributed by atoms with van der Waals surface area (Å²) >= 11 is 17.6. The number of methoxy groups -OCH3 is 1. The summed E-state index contributed by atoms with van der Waals surface area (Å²) in [5.41, 5.74) is 4.01. The smallest absolute Gasteiger partial charge is 0.329 e. The summed E-state index contributed by atoms with van der Waals surface area (Å²) in [5.74, 6) is -0.866. The standard InChI is InChI=1S/C23H18Cl3N3O4/c1-32-21-8-15(4-7-20(21)33-13-14-2-5-16(24)6-3-14)12-27-29-23(31)22(30)28-19-10-17(25)9-18(26)11-19/h2-12H,13H2,1H3,(H,28,30)(H,29,31). The molecule has 0 aliphatic carbocycles. The number of amides is 2. The molecule has 0 saturated carbocycles. The van der Waals surface area contributed by atoms with Crippen LogP contribution in [0.3, 0.4) is 0 Å². The molecule has 0 fully saturated rings. The number of ether oxygens (including phenoxy) is 2. The van der Waals surface area contributed by atoms with E-state index in [1.807, 2.05) is 12.1 Å². The molecule has 0 aliphatic rings. The van der Waals surface area contributed by atoms with Gasteiger partial charge < -0.3 is 14.8 Å². The highest BCUT2D eigenvalue weighted by molar-refractivity contribution is 6.40. The van der Waals surface area contributed by atoms with Crippen molar-refractivity contribution in [1.82, 2.24) is 5.43 Å². The van der Waals surface area contributed by atoms with Crippen molar-refractivity contribution in [3.63, 3.8) is 0 Å². The van der Waals surface area contributed by atoms with Crippen molar-refractivity contribution in [2.24, 2.45) is 5.10 Å². The molecule has 0 radical (unpaired) electrons. The fraction of sp³-hybridized carbons (Fsp3) is 0.0870. The molecule has 0 heterocycles. The number of nitrogens with one attached hydrogen (secondary N) is 2. The number of benzene rings is 3. The van der Waals surface area contributed by atoms with Crippen LogP contribution in [0.5, 0.6) is 11.5 Å². The summed E-state index contributed by atoms with van der Waals surface area (Å²) in [6, 6.07) is 16.9. The van der Waals surface area contributed by atoms with Gasteiger partial charge in [-0.2, -0.15) is 5.10 Å². The van der Waals surface area contributed by atoms with E-state index >= 15 is 0 Å². The Morgan fingerprint density at radius 2 is 1.58 bits per heavy atom. The summed E-state index contributed by atoms with van der Waals surface area (Å²) < 4.78 is 11.2. The molecule has 3 aromatic carbocycles. The highest BCUT2D eigenvalue weighted by atomic mass is 35.5. The van der Waals surface area contributed by atoms with Crippen LogP contribution < -0.4 is 20.2 Å². The minimum atomic E-state index is -0.961. The highest BCUT2D eigenvalue weighted by Gasteiger charge is 2.13. The Morgan fingerprint density at radius 1 is 0.879 bits per heavy atom. The third-order valence-corrected chi connectivity index (χ3v) is 4.89. The van der Waals surface area contributed by atoms with Gasteiger partial charge in [0.1, 0.15) is 6.61 Å². The predicted octanol–water partition coefficient (Wildman–Crippen LogP) is 5.32. The Bertz CT molecular complexity index is 1160. The van der Waals surface area contributed by atoms with Gasteiger partial charge >= 0.3 is 11.8 Å². The molecule has 10 heteroatoms. The van der Waals surface area contributed by atoms with E-state index in [0.717, 1.165) is 5.56 Å². The van der Waals surface area contributed by atoms with E-state index in [4.69, 9.17) is 44.3 Å². The van der Waals surface area contributed by atoms with Crippen molar-refractivity contribution < 1.29 is 19.1 Å². The maximum atomic E-state index is 12.0. The van der Waals surface area contributed by atoms with Gasteiger partial charge in [0.25, 0.3) is 0 Å². The van der Waals surface area contributed by atoms with Crippen LogP contribution in [-0.2, 0) is 16.2 Å². The first kappa shape index (κ1) is 24.4. The van der Waals surface area contributed by atoms with E-state index < -0.39 is 11.8 Å². The minimum Gasteiger partial charge on any atom is -0.493 e. The van der Waals surface area contributed by atoms with Crippen molar-refractivity contribution in [2.45, 2.75) is 6.61 Å². The lowest BCUT2D eigenvalue weighted by Gasteiger charge is -2.11. The molecule has 0 bridgehead atoms. The van der Waals surface area contributed by atoms with E-state index in [-0.39, 0.29) is 5.69 Å². The Kier molecular flexibility index (Phi) is 8.54. The van der Waals surface area contributed by atoms with Gasteiger partial charge in [-0.05, 0) is 59.7 Å². The van der Waals surface area contributed by atoms with E-state index in [2.05, 4.69) is 15.8 Å². The zero-order valence-electron chi connectivity index (χ0n) is 17.3.